The van der Waals surface area contributed by atoms with E-state index >= 15 is 0 Å². The maximum atomic E-state index is 6.06. The number of nitrogens with zero attached hydrogens (tertiary/aromatic N) is 2. The molecule has 1 aromatic heterocycles. The van der Waals surface area contributed by atoms with Crippen molar-refractivity contribution in [1.82, 2.24) is 10.2 Å². The molecule has 0 aliphatic heterocycles. The Kier molecular flexibility index (Phi) is 3.88. The molecule has 0 atom stereocenters. The van der Waals surface area contributed by atoms with Gasteiger partial charge in [0, 0.05) is 5.92 Å². The summed E-state index contributed by atoms with van der Waals surface area (Å²) in [6.45, 7) is 8.07. The Labute approximate surface area is 122 Å². The lowest BCUT2D eigenvalue weighted by atomic mass is 9.84. The Morgan fingerprint density at radius 2 is 1.79 bits per heavy atom. The van der Waals surface area contributed by atoms with Gasteiger partial charge in [-0.25, -0.2) is 0 Å². The number of hydrogen-bond donors (Lipinski definition) is 0. The molecule has 0 radical (unpaired) electrons. The second kappa shape index (κ2) is 5.14. The van der Waals surface area contributed by atoms with Crippen LogP contribution in [0.2, 0.25) is 10.0 Å². The number of rotatable bonds is 3. The zero-order chi connectivity index (χ0) is 14.2. The largest absolute Gasteiger partial charge is 0.424 e. The van der Waals surface area contributed by atoms with E-state index in [0.29, 0.717) is 21.8 Å². The van der Waals surface area contributed by atoms with Gasteiger partial charge in [-0.1, -0.05) is 43.1 Å². The standard InChI is InChI=1S/C14H16Cl2N2O/c1-8(2)12-17-18-13(19-12)14(3,4)9-5-6-10(15)11(16)7-9/h5-8H,1-4H3. The highest BCUT2D eigenvalue weighted by Crippen LogP contribution is 2.34. The Morgan fingerprint density at radius 3 is 2.32 bits per heavy atom. The van der Waals surface area contributed by atoms with E-state index < -0.39 is 5.41 Å². The maximum absolute atomic E-state index is 6.06. The first-order valence-electron chi connectivity index (χ1n) is 6.11. The molecule has 3 nitrogen and oxygen atoms in total. The van der Waals surface area contributed by atoms with Crippen LogP contribution in [0.25, 0.3) is 0 Å². The molecule has 0 unspecified atom stereocenters. The Bertz CT molecular complexity index is 591. The van der Waals surface area contributed by atoms with Crippen LogP contribution in [-0.2, 0) is 5.41 Å². The summed E-state index contributed by atoms with van der Waals surface area (Å²) < 4.78 is 5.74. The van der Waals surface area contributed by atoms with Gasteiger partial charge < -0.3 is 4.42 Å². The van der Waals surface area contributed by atoms with Crippen LogP contribution in [0.3, 0.4) is 0 Å². The van der Waals surface area contributed by atoms with E-state index in [1.165, 1.54) is 0 Å². The highest BCUT2D eigenvalue weighted by atomic mass is 35.5. The summed E-state index contributed by atoms with van der Waals surface area (Å²) >= 11 is 12.0. The molecule has 0 saturated carbocycles. The molecule has 5 heteroatoms. The molecular formula is C14H16Cl2N2O. The summed E-state index contributed by atoms with van der Waals surface area (Å²) in [6.07, 6.45) is 0. The van der Waals surface area contributed by atoms with Crippen molar-refractivity contribution in [2.24, 2.45) is 0 Å². The predicted molar refractivity (Wildman–Crippen MR) is 77.0 cm³/mol. The fourth-order valence-corrected chi connectivity index (χ4v) is 2.03. The van der Waals surface area contributed by atoms with Crippen LogP contribution < -0.4 is 0 Å². The zero-order valence-corrected chi connectivity index (χ0v) is 12.9. The monoisotopic (exact) mass is 298 g/mol. The molecule has 0 bridgehead atoms. The van der Waals surface area contributed by atoms with Gasteiger partial charge in [-0.3, -0.25) is 0 Å². The highest BCUT2D eigenvalue weighted by Gasteiger charge is 2.30. The van der Waals surface area contributed by atoms with E-state index in [0.717, 1.165) is 5.56 Å². The summed E-state index contributed by atoms with van der Waals surface area (Å²) in [5.74, 6) is 1.43. The molecule has 0 aliphatic carbocycles. The average molecular weight is 299 g/mol. The molecule has 0 saturated heterocycles. The molecule has 2 aromatic rings. The average Bonchev–Trinajstić information content (AvgIpc) is 2.82. The number of halogens is 2. The van der Waals surface area contributed by atoms with E-state index in [9.17, 15) is 0 Å². The van der Waals surface area contributed by atoms with Gasteiger partial charge in [0.05, 0.1) is 15.5 Å². The van der Waals surface area contributed by atoms with Gasteiger partial charge in [-0.15, -0.1) is 10.2 Å². The van der Waals surface area contributed by atoms with Gasteiger partial charge in [0.25, 0.3) is 0 Å². The summed E-state index contributed by atoms with van der Waals surface area (Å²) in [7, 11) is 0. The Morgan fingerprint density at radius 1 is 1.11 bits per heavy atom. The van der Waals surface area contributed by atoms with Gasteiger partial charge in [0.1, 0.15) is 0 Å². The minimum Gasteiger partial charge on any atom is -0.424 e. The van der Waals surface area contributed by atoms with Crippen molar-refractivity contribution in [3.63, 3.8) is 0 Å². The Balaban J connectivity index is 2.42. The van der Waals surface area contributed by atoms with E-state index in [2.05, 4.69) is 10.2 Å². The normalized spacial score (nSPS) is 12.2. The molecule has 1 heterocycles. The smallest absolute Gasteiger partial charge is 0.226 e. The van der Waals surface area contributed by atoms with Gasteiger partial charge in [0.15, 0.2) is 0 Å². The summed E-state index contributed by atoms with van der Waals surface area (Å²) in [5, 5.41) is 9.28. The molecule has 0 amide bonds. The minimum absolute atomic E-state index is 0.214. The topological polar surface area (TPSA) is 38.9 Å². The first-order valence-corrected chi connectivity index (χ1v) is 6.87. The summed E-state index contributed by atoms with van der Waals surface area (Å²) in [6, 6.07) is 5.54. The molecule has 0 fully saturated rings. The van der Waals surface area contributed by atoms with Crippen LogP contribution in [0.4, 0.5) is 0 Å². The van der Waals surface area contributed by atoms with E-state index in [1.807, 2.05) is 39.8 Å². The number of benzene rings is 1. The second-order valence-corrected chi connectivity index (χ2v) is 6.17. The lowest BCUT2D eigenvalue weighted by Crippen LogP contribution is -2.19. The van der Waals surface area contributed by atoms with Gasteiger partial charge in [-0.2, -0.15) is 0 Å². The number of hydrogen-bond acceptors (Lipinski definition) is 3. The third-order valence-electron chi connectivity index (χ3n) is 3.11. The van der Waals surface area contributed by atoms with Crippen molar-refractivity contribution in [2.45, 2.75) is 39.0 Å². The molecule has 0 N–H and O–H groups in total. The molecule has 0 spiro atoms. The van der Waals surface area contributed by atoms with Crippen LogP contribution in [0, 0.1) is 0 Å². The van der Waals surface area contributed by atoms with Crippen molar-refractivity contribution < 1.29 is 4.42 Å². The molecule has 1 aromatic carbocycles. The van der Waals surface area contributed by atoms with E-state index in [1.54, 1.807) is 6.07 Å². The van der Waals surface area contributed by atoms with Crippen molar-refractivity contribution in [2.75, 3.05) is 0 Å². The van der Waals surface area contributed by atoms with E-state index in [4.69, 9.17) is 27.6 Å². The first-order chi connectivity index (χ1) is 8.82. The summed E-state index contributed by atoms with van der Waals surface area (Å²) in [4.78, 5) is 0. The van der Waals surface area contributed by atoms with Crippen molar-refractivity contribution in [3.05, 3.63) is 45.6 Å². The molecular weight excluding hydrogens is 283 g/mol. The van der Waals surface area contributed by atoms with Crippen LogP contribution in [-0.4, -0.2) is 10.2 Å². The van der Waals surface area contributed by atoms with Crippen molar-refractivity contribution >= 4 is 23.2 Å². The molecule has 102 valence electrons. The fraction of sp³-hybridized carbons (Fsp3) is 0.429. The third-order valence-corrected chi connectivity index (χ3v) is 3.85. The lowest BCUT2D eigenvalue weighted by molar-refractivity contribution is 0.378. The van der Waals surface area contributed by atoms with Gasteiger partial charge >= 0.3 is 0 Å². The quantitative estimate of drug-likeness (QED) is 0.815. The molecule has 0 aliphatic rings. The SMILES string of the molecule is CC(C)c1nnc(C(C)(C)c2ccc(Cl)c(Cl)c2)o1. The fourth-order valence-electron chi connectivity index (χ4n) is 1.73. The van der Waals surface area contributed by atoms with E-state index in [-0.39, 0.29) is 5.92 Å². The molecule has 19 heavy (non-hydrogen) atoms. The van der Waals surface area contributed by atoms with Crippen molar-refractivity contribution in [1.29, 1.82) is 0 Å². The Hall–Kier alpha value is -1.06. The summed E-state index contributed by atoms with van der Waals surface area (Å²) in [5.41, 5.74) is 0.579. The van der Waals surface area contributed by atoms with Gasteiger partial charge in [-0.05, 0) is 31.5 Å². The van der Waals surface area contributed by atoms with Crippen LogP contribution in [0.1, 0.15) is 51.0 Å². The lowest BCUT2D eigenvalue weighted by Gasteiger charge is -2.21. The maximum Gasteiger partial charge on any atom is 0.226 e. The first kappa shape index (κ1) is 14.4. The van der Waals surface area contributed by atoms with Crippen LogP contribution >= 0.6 is 23.2 Å². The van der Waals surface area contributed by atoms with Crippen molar-refractivity contribution in [3.8, 4) is 0 Å². The predicted octanol–water partition coefficient (Wildman–Crippen LogP) is 4.83. The third kappa shape index (κ3) is 2.77. The minimum atomic E-state index is -0.408. The zero-order valence-electron chi connectivity index (χ0n) is 11.4. The van der Waals surface area contributed by atoms with Crippen LogP contribution in [0.15, 0.2) is 22.6 Å². The highest BCUT2D eigenvalue weighted by molar-refractivity contribution is 6.42. The van der Waals surface area contributed by atoms with Crippen LogP contribution in [0.5, 0.6) is 0 Å². The second-order valence-electron chi connectivity index (χ2n) is 5.35. The number of aromatic nitrogens is 2. The van der Waals surface area contributed by atoms with Gasteiger partial charge in [0.2, 0.25) is 11.8 Å². The molecule has 2 rings (SSSR count).